The molecule has 0 fully saturated rings. The topological polar surface area (TPSA) is 143 Å². The predicted molar refractivity (Wildman–Crippen MR) is 72.9 cm³/mol. The highest BCUT2D eigenvalue weighted by Gasteiger charge is 2.09. The van der Waals surface area contributed by atoms with Crippen LogP contribution in [0.3, 0.4) is 0 Å². The van der Waals surface area contributed by atoms with E-state index in [0.717, 1.165) is 0 Å². The highest BCUT2D eigenvalue weighted by Crippen LogP contribution is 2.26. The van der Waals surface area contributed by atoms with Crippen LogP contribution in [0.15, 0.2) is 24.4 Å². The molecule has 0 saturated carbocycles. The van der Waals surface area contributed by atoms with Gasteiger partial charge in [-0.3, -0.25) is 4.79 Å². The minimum atomic E-state index is -0.566. The molecule has 0 atom stereocenters. The molecule has 2 rings (SSSR count). The van der Waals surface area contributed by atoms with E-state index in [0.29, 0.717) is 17.0 Å². The first-order valence-electron chi connectivity index (χ1n) is 5.74. The van der Waals surface area contributed by atoms with E-state index in [-0.39, 0.29) is 11.4 Å². The number of nitrogens with two attached hydrogens (primary N) is 1. The maximum Gasteiger partial charge on any atom is 0.248 e. The summed E-state index contributed by atoms with van der Waals surface area (Å²) in [5.74, 6) is 0.0695. The van der Waals surface area contributed by atoms with Crippen molar-refractivity contribution >= 4 is 17.2 Å². The summed E-state index contributed by atoms with van der Waals surface area (Å²) in [6, 6.07) is 6.58. The molecule has 2 aromatic rings. The lowest BCUT2D eigenvalue weighted by Crippen LogP contribution is -2.11. The zero-order valence-corrected chi connectivity index (χ0v) is 11.0. The molecule has 0 bridgehead atoms. The van der Waals surface area contributed by atoms with Gasteiger partial charge < -0.3 is 15.8 Å². The van der Waals surface area contributed by atoms with Gasteiger partial charge in [-0.25, -0.2) is 0 Å². The van der Waals surface area contributed by atoms with Crippen LogP contribution in [0, 0.1) is 11.3 Å². The van der Waals surface area contributed by atoms with Crippen molar-refractivity contribution in [3.63, 3.8) is 0 Å². The second-order valence-corrected chi connectivity index (χ2v) is 3.83. The lowest BCUT2D eigenvalue weighted by molar-refractivity contribution is 0.100. The average molecular weight is 285 g/mol. The van der Waals surface area contributed by atoms with Crippen LogP contribution in [0.2, 0.25) is 0 Å². The molecule has 9 nitrogen and oxygen atoms in total. The van der Waals surface area contributed by atoms with E-state index in [1.807, 2.05) is 6.07 Å². The molecule has 1 heterocycles. The van der Waals surface area contributed by atoms with Crippen LogP contribution in [0.4, 0.5) is 5.69 Å². The highest BCUT2D eigenvalue weighted by molar-refractivity contribution is 5.94. The Balaban J connectivity index is 2.32. The Labute approximate surface area is 119 Å². The molecule has 0 aliphatic heterocycles. The minimum absolute atomic E-state index is 0.148. The molecule has 106 valence electrons. The first-order chi connectivity index (χ1) is 10.2. The third-order valence-corrected chi connectivity index (χ3v) is 2.56. The summed E-state index contributed by atoms with van der Waals surface area (Å²) in [6.45, 7) is 0. The number of ether oxygens (including phenoxy) is 1. The Morgan fingerprint density at radius 3 is 2.95 bits per heavy atom. The van der Waals surface area contributed by atoms with E-state index in [1.54, 1.807) is 12.1 Å². The lowest BCUT2D eigenvalue weighted by atomic mass is 10.1. The zero-order valence-electron chi connectivity index (χ0n) is 11.0. The number of nitrogens with zero attached hydrogens (tertiary/aromatic N) is 4. The Hall–Kier alpha value is -3.41. The quantitative estimate of drug-likeness (QED) is 0.669. The number of hydrogen-bond acceptors (Lipinski definition) is 7. The fourth-order valence-corrected chi connectivity index (χ4v) is 1.55. The molecule has 0 unspecified atom stereocenters. The summed E-state index contributed by atoms with van der Waals surface area (Å²) in [6.07, 6.45) is 1.38. The maximum atomic E-state index is 11.2. The Kier molecular flexibility index (Phi) is 4.11. The summed E-state index contributed by atoms with van der Waals surface area (Å²) >= 11 is 0. The van der Waals surface area contributed by atoms with E-state index in [4.69, 9.17) is 15.7 Å². The number of carbonyl (C=O) groups excluding carboxylic acids is 1. The van der Waals surface area contributed by atoms with Crippen LogP contribution in [0.25, 0.3) is 5.57 Å². The molecular weight excluding hydrogens is 274 g/mol. The predicted octanol–water partition coefficient (Wildman–Crippen LogP) is 0.284. The van der Waals surface area contributed by atoms with Crippen molar-refractivity contribution in [2.75, 3.05) is 12.4 Å². The molecule has 0 aliphatic carbocycles. The number of anilines is 1. The van der Waals surface area contributed by atoms with Gasteiger partial charge in [-0.05, 0) is 23.4 Å². The van der Waals surface area contributed by atoms with Crippen molar-refractivity contribution in [1.82, 2.24) is 20.6 Å². The van der Waals surface area contributed by atoms with Crippen molar-refractivity contribution in [2.45, 2.75) is 0 Å². The second-order valence-electron chi connectivity index (χ2n) is 3.83. The average Bonchev–Trinajstić information content (AvgIpc) is 3.02. The zero-order chi connectivity index (χ0) is 15.2. The number of rotatable bonds is 5. The summed E-state index contributed by atoms with van der Waals surface area (Å²) < 4.78 is 5.16. The number of carbonyl (C=O) groups is 1. The molecule has 0 radical (unpaired) electrons. The normalized spacial score (nSPS) is 10.8. The van der Waals surface area contributed by atoms with E-state index >= 15 is 0 Å². The summed E-state index contributed by atoms with van der Waals surface area (Å²) in [4.78, 5) is 11.2. The Morgan fingerprint density at radius 2 is 2.38 bits per heavy atom. The van der Waals surface area contributed by atoms with Gasteiger partial charge in [0, 0.05) is 11.8 Å². The minimum Gasteiger partial charge on any atom is -0.495 e. The van der Waals surface area contributed by atoms with Gasteiger partial charge in [-0.15, -0.1) is 10.2 Å². The van der Waals surface area contributed by atoms with Crippen molar-refractivity contribution < 1.29 is 9.53 Å². The third kappa shape index (κ3) is 3.13. The van der Waals surface area contributed by atoms with Crippen molar-refractivity contribution in [3.05, 3.63) is 35.8 Å². The molecule has 1 aromatic heterocycles. The fraction of sp³-hybridized carbons (Fsp3) is 0.0833. The van der Waals surface area contributed by atoms with Gasteiger partial charge >= 0.3 is 0 Å². The molecule has 0 saturated heterocycles. The molecule has 9 heteroatoms. The number of amides is 1. The number of benzene rings is 1. The van der Waals surface area contributed by atoms with Crippen LogP contribution in [0.1, 0.15) is 16.2 Å². The summed E-state index contributed by atoms with van der Waals surface area (Å²) in [7, 11) is 1.48. The van der Waals surface area contributed by atoms with Crippen LogP contribution >= 0.6 is 0 Å². The maximum absolute atomic E-state index is 11.2. The summed E-state index contributed by atoms with van der Waals surface area (Å²) in [5.41, 5.74) is 6.17. The molecule has 0 aliphatic rings. The van der Waals surface area contributed by atoms with E-state index in [2.05, 4.69) is 25.9 Å². The molecule has 0 spiro atoms. The van der Waals surface area contributed by atoms with Gasteiger partial charge in [0.2, 0.25) is 11.7 Å². The molecule has 1 amide bonds. The van der Waals surface area contributed by atoms with Gasteiger partial charge in [0.1, 0.15) is 17.4 Å². The van der Waals surface area contributed by atoms with E-state index in [9.17, 15) is 4.79 Å². The van der Waals surface area contributed by atoms with Gasteiger partial charge in [-0.2, -0.15) is 10.5 Å². The number of aromatic nitrogens is 4. The number of aromatic amines is 1. The fourth-order valence-electron chi connectivity index (χ4n) is 1.55. The number of allylic oxidation sites excluding steroid dienone is 1. The third-order valence-electron chi connectivity index (χ3n) is 2.56. The number of nitrogens with one attached hydrogen (secondary N) is 2. The highest BCUT2D eigenvalue weighted by atomic mass is 16.5. The standard InChI is InChI=1S/C12H11N7O2/c1-21-10-3-2-7(11(14)20)4-9(10)15-6-8(5-13)12-16-18-19-17-12/h2-4,6,15H,1H3,(H2,14,20)(H,16,17,18,19). The van der Waals surface area contributed by atoms with Gasteiger partial charge in [-0.1, -0.05) is 0 Å². The van der Waals surface area contributed by atoms with E-state index in [1.165, 1.54) is 19.4 Å². The lowest BCUT2D eigenvalue weighted by Gasteiger charge is -2.09. The van der Waals surface area contributed by atoms with Gasteiger partial charge in [0.15, 0.2) is 0 Å². The number of hydrogen-bond donors (Lipinski definition) is 3. The first-order valence-corrected chi connectivity index (χ1v) is 5.74. The SMILES string of the molecule is COc1ccc(C(N)=O)cc1NC=C(C#N)c1nn[nH]n1. The molecule has 4 N–H and O–H groups in total. The Bertz CT molecular complexity index is 716. The van der Waals surface area contributed by atoms with Crippen molar-refractivity contribution in [3.8, 4) is 11.8 Å². The molecule has 1 aromatic carbocycles. The van der Waals surface area contributed by atoms with Gasteiger partial charge in [0.25, 0.3) is 0 Å². The van der Waals surface area contributed by atoms with Crippen LogP contribution < -0.4 is 15.8 Å². The van der Waals surface area contributed by atoms with Crippen LogP contribution in [-0.2, 0) is 0 Å². The van der Waals surface area contributed by atoms with Gasteiger partial charge in [0.05, 0.1) is 12.8 Å². The van der Waals surface area contributed by atoms with Crippen LogP contribution in [0.5, 0.6) is 5.75 Å². The van der Waals surface area contributed by atoms with Crippen LogP contribution in [-0.4, -0.2) is 33.6 Å². The van der Waals surface area contributed by atoms with E-state index < -0.39 is 5.91 Å². The number of nitriles is 1. The number of primary amides is 1. The second kappa shape index (κ2) is 6.16. The monoisotopic (exact) mass is 285 g/mol. The smallest absolute Gasteiger partial charge is 0.248 e. The first kappa shape index (κ1) is 14.0. The van der Waals surface area contributed by atoms with Crippen molar-refractivity contribution in [2.24, 2.45) is 5.73 Å². The number of H-pyrrole nitrogens is 1. The number of tetrazole rings is 1. The largest absolute Gasteiger partial charge is 0.495 e. The Morgan fingerprint density at radius 1 is 1.57 bits per heavy atom. The summed E-state index contributed by atoms with van der Waals surface area (Å²) in [5, 5.41) is 25.0. The number of methoxy groups -OCH3 is 1. The molecule has 21 heavy (non-hydrogen) atoms. The molecular formula is C12H11N7O2. The van der Waals surface area contributed by atoms with Crippen molar-refractivity contribution in [1.29, 1.82) is 5.26 Å².